The van der Waals surface area contributed by atoms with Gasteiger partial charge in [0.2, 0.25) is 0 Å². The van der Waals surface area contributed by atoms with Crippen molar-refractivity contribution >= 4 is 17.5 Å². The maximum Gasteiger partial charge on any atom is 0.268 e. The van der Waals surface area contributed by atoms with E-state index in [9.17, 15) is 4.79 Å². The van der Waals surface area contributed by atoms with E-state index in [1.165, 1.54) is 9.36 Å². The van der Waals surface area contributed by atoms with E-state index in [0.29, 0.717) is 10.7 Å². The Hall–Kier alpha value is -1.62. The van der Waals surface area contributed by atoms with Crippen molar-refractivity contribution in [3.8, 4) is 0 Å². The number of nitrogens with zero attached hydrogens (tertiary/aromatic N) is 4. The van der Waals surface area contributed by atoms with Gasteiger partial charge in [-0.05, 0) is 26.8 Å². The monoisotopic (exact) mass is 252 g/mol. The molecule has 0 amide bonds. The quantitative estimate of drug-likeness (QED) is 0.822. The summed E-state index contributed by atoms with van der Waals surface area (Å²) in [5.41, 5.74) is 2.36. The van der Waals surface area contributed by atoms with Gasteiger partial charge in [-0.2, -0.15) is 10.2 Å². The molecule has 0 radical (unpaired) electrons. The summed E-state index contributed by atoms with van der Waals surface area (Å²) in [5.74, 6) is -0.130. The van der Waals surface area contributed by atoms with E-state index in [4.69, 9.17) is 11.6 Å². The van der Waals surface area contributed by atoms with Gasteiger partial charge in [-0.25, -0.2) is 4.68 Å². The number of hydrogen-bond donors (Lipinski definition) is 0. The number of rotatable bonds is 2. The van der Waals surface area contributed by atoms with Crippen LogP contribution in [0.5, 0.6) is 0 Å². The molecule has 0 unspecified atom stereocenters. The first-order valence-electron chi connectivity index (χ1n) is 5.23. The van der Waals surface area contributed by atoms with E-state index >= 15 is 0 Å². The summed E-state index contributed by atoms with van der Waals surface area (Å²) in [6, 6.07) is 1.86. The lowest BCUT2D eigenvalue weighted by molar-refractivity contribution is 0.0867. The van der Waals surface area contributed by atoms with E-state index in [2.05, 4.69) is 10.2 Å². The van der Waals surface area contributed by atoms with E-state index in [1.807, 2.05) is 19.9 Å². The van der Waals surface area contributed by atoms with Crippen molar-refractivity contribution in [3.63, 3.8) is 0 Å². The Morgan fingerprint density at radius 3 is 2.53 bits per heavy atom. The molecule has 6 heteroatoms. The molecule has 0 saturated carbocycles. The van der Waals surface area contributed by atoms with Crippen LogP contribution in [0.15, 0.2) is 12.3 Å². The van der Waals surface area contributed by atoms with Crippen LogP contribution in [0.4, 0.5) is 0 Å². The van der Waals surface area contributed by atoms with Crippen molar-refractivity contribution in [2.45, 2.75) is 27.3 Å². The molecule has 17 heavy (non-hydrogen) atoms. The number of halogens is 1. The van der Waals surface area contributed by atoms with Crippen LogP contribution < -0.4 is 0 Å². The molecule has 0 aliphatic rings. The Morgan fingerprint density at radius 2 is 2.06 bits per heavy atom. The molecule has 2 aromatic rings. The molecule has 5 nitrogen and oxygen atoms in total. The van der Waals surface area contributed by atoms with E-state index in [-0.39, 0.29) is 12.5 Å². The van der Waals surface area contributed by atoms with Crippen molar-refractivity contribution < 1.29 is 4.79 Å². The van der Waals surface area contributed by atoms with E-state index in [0.717, 1.165) is 11.4 Å². The minimum absolute atomic E-state index is 0.130. The Kier molecular flexibility index (Phi) is 3.02. The number of carbonyl (C=O) groups excluding carboxylic acids is 1. The normalized spacial score (nSPS) is 10.8. The van der Waals surface area contributed by atoms with Gasteiger partial charge in [0.25, 0.3) is 5.91 Å². The summed E-state index contributed by atoms with van der Waals surface area (Å²) < 4.78 is 2.91. The molecule has 2 aromatic heterocycles. The summed E-state index contributed by atoms with van der Waals surface area (Å²) >= 11 is 5.88. The van der Waals surface area contributed by atoms with Gasteiger partial charge < -0.3 is 0 Å². The van der Waals surface area contributed by atoms with Gasteiger partial charge in [0.15, 0.2) is 0 Å². The highest BCUT2D eigenvalue weighted by Gasteiger charge is 2.12. The van der Waals surface area contributed by atoms with Crippen molar-refractivity contribution in [3.05, 3.63) is 34.4 Å². The number of aryl methyl sites for hydroxylation is 3. The van der Waals surface area contributed by atoms with Gasteiger partial charge in [-0.15, -0.1) is 0 Å². The van der Waals surface area contributed by atoms with Gasteiger partial charge in [0, 0.05) is 11.9 Å². The van der Waals surface area contributed by atoms with Crippen LogP contribution in [0, 0.1) is 20.8 Å². The van der Waals surface area contributed by atoms with Crippen LogP contribution in [0.3, 0.4) is 0 Å². The van der Waals surface area contributed by atoms with Crippen molar-refractivity contribution in [2.75, 3.05) is 0 Å². The Balaban J connectivity index is 2.19. The fourth-order valence-corrected chi connectivity index (χ4v) is 1.81. The van der Waals surface area contributed by atoms with Crippen molar-refractivity contribution in [2.24, 2.45) is 0 Å². The Labute approximate surface area is 104 Å². The molecule has 0 bridgehead atoms. The molecule has 0 atom stereocenters. The fraction of sp³-hybridized carbons (Fsp3) is 0.364. The number of aromatic nitrogens is 4. The Morgan fingerprint density at radius 1 is 1.35 bits per heavy atom. The third-order valence-corrected chi connectivity index (χ3v) is 2.80. The SMILES string of the molecule is Cc1cc(C)n(C(=O)Cn2cc(Cl)c(C)n2)n1. The average molecular weight is 253 g/mol. The highest BCUT2D eigenvalue weighted by molar-refractivity contribution is 6.31. The van der Waals surface area contributed by atoms with E-state index in [1.54, 1.807) is 13.1 Å². The van der Waals surface area contributed by atoms with Gasteiger partial charge in [0.1, 0.15) is 6.54 Å². The fourth-order valence-electron chi connectivity index (χ4n) is 1.66. The summed E-state index contributed by atoms with van der Waals surface area (Å²) in [4.78, 5) is 12.0. The largest absolute Gasteiger partial charge is 0.270 e. The van der Waals surface area contributed by atoms with Crippen LogP contribution >= 0.6 is 11.6 Å². The molecule has 0 aromatic carbocycles. The second-order valence-corrected chi connectivity index (χ2v) is 4.40. The number of carbonyl (C=O) groups is 1. The summed E-state index contributed by atoms with van der Waals surface area (Å²) in [7, 11) is 0. The van der Waals surface area contributed by atoms with Crippen LogP contribution in [-0.4, -0.2) is 25.5 Å². The minimum atomic E-state index is -0.130. The zero-order valence-corrected chi connectivity index (χ0v) is 10.7. The first kappa shape index (κ1) is 11.9. The summed E-state index contributed by atoms with van der Waals surface area (Å²) in [6.07, 6.45) is 1.64. The maximum atomic E-state index is 12.0. The topological polar surface area (TPSA) is 52.7 Å². The van der Waals surface area contributed by atoms with Crippen molar-refractivity contribution in [1.29, 1.82) is 0 Å². The third-order valence-electron chi connectivity index (χ3n) is 2.43. The first-order valence-corrected chi connectivity index (χ1v) is 5.61. The summed E-state index contributed by atoms with van der Waals surface area (Å²) in [6.45, 7) is 5.63. The standard InChI is InChI=1S/C11H13ClN4O/c1-7-4-8(2)16(13-7)11(17)6-15-5-10(12)9(3)14-15/h4-5H,6H2,1-3H3. The predicted octanol–water partition coefficient (Wildman–Crippen LogP) is 2.00. The Bertz CT molecular complexity index is 551. The highest BCUT2D eigenvalue weighted by atomic mass is 35.5. The second-order valence-electron chi connectivity index (χ2n) is 3.99. The predicted molar refractivity (Wildman–Crippen MR) is 64.3 cm³/mol. The highest BCUT2D eigenvalue weighted by Crippen LogP contribution is 2.12. The molecular weight excluding hydrogens is 240 g/mol. The molecule has 2 rings (SSSR count). The zero-order chi connectivity index (χ0) is 12.6. The minimum Gasteiger partial charge on any atom is -0.270 e. The zero-order valence-electron chi connectivity index (χ0n) is 9.94. The maximum absolute atomic E-state index is 12.0. The molecule has 0 saturated heterocycles. The van der Waals surface area contributed by atoms with Gasteiger partial charge in [0.05, 0.1) is 16.4 Å². The lowest BCUT2D eigenvalue weighted by atomic mass is 10.4. The molecule has 0 fully saturated rings. The van der Waals surface area contributed by atoms with E-state index < -0.39 is 0 Å². The van der Waals surface area contributed by atoms with Gasteiger partial charge in [-0.1, -0.05) is 11.6 Å². The lowest BCUT2D eigenvalue weighted by Gasteiger charge is -2.02. The van der Waals surface area contributed by atoms with Crippen LogP contribution in [0.25, 0.3) is 0 Å². The molecule has 0 N–H and O–H groups in total. The van der Waals surface area contributed by atoms with Gasteiger partial charge in [-0.3, -0.25) is 9.48 Å². The molecule has 0 aliphatic heterocycles. The lowest BCUT2D eigenvalue weighted by Crippen LogP contribution is -2.20. The van der Waals surface area contributed by atoms with Crippen LogP contribution in [-0.2, 0) is 6.54 Å². The third kappa shape index (κ3) is 2.39. The molecule has 90 valence electrons. The second kappa shape index (κ2) is 4.33. The molecule has 2 heterocycles. The van der Waals surface area contributed by atoms with Crippen LogP contribution in [0.1, 0.15) is 21.9 Å². The van der Waals surface area contributed by atoms with Crippen LogP contribution in [0.2, 0.25) is 5.02 Å². The average Bonchev–Trinajstić information content (AvgIpc) is 2.71. The summed E-state index contributed by atoms with van der Waals surface area (Å²) in [5, 5.41) is 8.82. The molecule has 0 aliphatic carbocycles. The molecular formula is C11H13ClN4O. The first-order chi connectivity index (χ1) is 7.97. The van der Waals surface area contributed by atoms with Crippen molar-refractivity contribution in [1.82, 2.24) is 19.6 Å². The number of hydrogen-bond acceptors (Lipinski definition) is 3. The molecule has 0 spiro atoms. The smallest absolute Gasteiger partial charge is 0.268 e. The van der Waals surface area contributed by atoms with Gasteiger partial charge >= 0.3 is 0 Å².